The van der Waals surface area contributed by atoms with Crippen LogP contribution in [0.4, 0.5) is 0 Å². The molecule has 0 amide bonds. The van der Waals surface area contributed by atoms with Crippen LogP contribution >= 0.6 is 15.9 Å². The molecule has 0 bridgehead atoms. The Morgan fingerprint density at radius 2 is 1.72 bits per heavy atom. The van der Waals surface area contributed by atoms with E-state index in [0.717, 1.165) is 0 Å². The number of fused-ring (bicyclic) bond motifs is 1. The van der Waals surface area contributed by atoms with Gasteiger partial charge in [-0.15, -0.1) is 0 Å². The summed E-state index contributed by atoms with van der Waals surface area (Å²) >= 11 is 3.67. The number of aryl methyl sites for hydroxylation is 1. The van der Waals surface area contributed by atoms with Gasteiger partial charge in [0, 0.05) is 10.4 Å². The van der Waals surface area contributed by atoms with Crippen molar-refractivity contribution < 1.29 is 0 Å². The summed E-state index contributed by atoms with van der Waals surface area (Å²) in [6, 6.07) is 15.2. The predicted octanol–water partition coefficient (Wildman–Crippen LogP) is 5.42. The van der Waals surface area contributed by atoms with Crippen molar-refractivity contribution in [1.82, 2.24) is 0 Å². The molecule has 0 aliphatic heterocycles. The number of allylic oxidation sites excluding steroid dienone is 1. The molecule has 1 aliphatic carbocycles. The van der Waals surface area contributed by atoms with Gasteiger partial charge in [0.05, 0.1) is 0 Å². The molecule has 1 unspecified atom stereocenters. The third-order valence-corrected chi connectivity index (χ3v) is 4.37. The van der Waals surface area contributed by atoms with Gasteiger partial charge < -0.3 is 0 Å². The number of hydrogen-bond acceptors (Lipinski definition) is 0. The number of benzene rings is 2. The topological polar surface area (TPSA) is 0 Å². The van der Waals surface area contributed by atoms with Gasteiger partial charge in [-0.25, -0.2) is 0 Å². The molecule has 90 valence electrons. The second kappa shape index (κ2) is 4.40. The van der Waals surface area contributed by atoms with E-state index in [1.807, 2.05) is 0 Å². The van der Waals surface area contributed by atoms with E-state index in [4.69, 9.17) is 0 Å². The first-order valence-corrected chi connectivity index (χ1v) is 7.03. The smallest absolute Gasteiger partial charge is 0.0219 e. The molecule has 2 aromatic rings. The molecule has 3 rings (SSSR count). The summed E-state index contributed by atoms with van der Waals surface area (Å²) in [7, 11) is 0. The summed E-state index contributed by atoms with van der Waals surface area (Å²) in [5.74, 6) is 0.457. The quantitative estimate of drug-likeness (QED) is 0.660. The number of halogens is 1. The first-order chi connectivity index (χ1) is 8.66. The van der Waals surface area contributed by atoms with Crippen LogP contribution in [0.3, 0.4) is 0 Å². The van der Waals surface area contributed by atoms with Crippen molar-refractivity contribution in [3.63, 3.8) is 0 Å². The fraction of sp³-hybridized carbons (Fsp3) is 0.176. The van der Waals surface area contributed by atoms with E-state index in [-0.39, 0.29) is 0 Å². The molecule has 18 heavy (non-hydrogen) atoms. The SMILES string of the molecule is Cc1ccc(C2=Cc3cccc(Br)c3C2C)cc1. The molecule has 0 nitrogen and oxygen atoms in total. The van der Waals surface area contributed by atoms with Crippen LogP contribution < -0.4 is 0 Å². The highest BCUT2D eigenvalue weighted by Gasteiger charge is 2.24. The van der Waals surface area contributed by atoms with Crippen molar-refractivity contribution in [2.75, 3.05) is 0 Å². The second-order valence-corrected chi connectivity index (χ2v) is 5.78. The minimum Gasteiger partial charge on any atom is -0.0605 e. The van der Waals surface area contributed by atoms with Crippen molar-refractivity contribution in [2.45, 2.75) is 19.8 Å². The Bertz CT molecular complexity index is 621. The molecule has 2 aromatic carbocycles. The average molecular weight is 299 g/mol. The van der Waals surface area contributed by atoms with Crippen molar-refractivity contribution >= 4 is 27.6 Å². The standard InChI is InChI=1S/C17H15Br/c1-11-6-8-13(9-7-11)15-10-14-4-3-5-16(18)17(14)12(15)2/h3-10,12H,1-2H3. The fourth-order valence-electron chi connectivity index (χ4n) is 2.66. The molecule has 0 N–H and O–H groups in total. The maximum atomic E-state index is 3.67. The molecule has 1 aliphatic rings. The summed E-state index contributed by atoms with van der Waals surface area (Å²) in [5, 5.41) is 0. The third kappa shape index (κ3) is 1.83. The summed E-state index contributed by atoms with van der Waals surface area (Å²) in [6.45, 7) is 4.41. The molecule has 0 radical (unpaired) electrons. The highest BCUT2D eigenvalue weighted by atomic mass is 79.9. The molecular weight excluding hydrogens is 284 g/mol. The Balaban J connectivity index is 2.08. The van der Waals surface area contributed by atoms with E-state index in [0.29, 0.717) is 5.92 Å². The summed E-state index contributed by atoms with van der Waals surface area (Å²) in [4.78, 5) is 0. The highest BCUT2D eigenvalue weighted by Crippen LogP contribution is 2.44. The Morgan fingerprint density at radius 1 is 1.00 bits per heavy atom. The van der Waals surface area contributed by atoms with Crippen LogP contribution in [-0.4, -0.2) is 0 Å². The van der Waals surface area contributed by atoms with Gasteiger partial charge in [-0.1, -0.05) is 70.9 Å². The maximum Gasteiger partial charge on any atom is 0.0219 e. The Hall–Kier alpha value is -1.34. The lowest BCUT2D eigenvalue weighted by Gasteiger charge is -2.13. The molecule has 0 saturated heterocycles. The lowest BCUT2D eigenvalue weighted by molar-refractivity contribution is 1.000. The largest absolute Gasteiger partial charge is 0.0605 e. The molecule has 1 heteroatoms. The minimum atomic E-state index is 0.457. The van der Waals surface area contributed by atoms with Gasteiger partial charge in [0.25, 0.3) is 0 Å². The van der Waals surface area contributed by atoms with Gasteiger partial charge in [-0.05, 0) is 35.3 Å². The fourth-order valence-corrected chi connectivity index (χ4v) is 3.39. The van der Waals surface area contributed by atoms with Gasteiger partial charge in [0.2, 0.25) is 0 Å². The first-order valence-electron chi connectivity index (χ1n) is 6.24. The predicted molar refractivity (Wildman–Crippen MR) is 81.6 cm³/mol. The van der Waals surface area contributed by atoms with E-state index >= 15 is 0 Å². The van der Waals surface area contributed by atoms with E-state index < -0.39 is 0 Å². The lowest BCUT2D eigenvalue weighted by Crippen LogP contribution is -1.94. The Morgan fingerprint density at radius 3 is 2.39 bits per heavy atom. The molecular formula is C17H15Br. The zero-order valence-electron chi connectivity index (χ0n) is 10.6. The van der Waals surface area contributed by atoms with Crippen LogP contribution in [0.2, 0.25) is 0 Å². The molecule has 0 aromatic heterocycles. The van der Waals surface area contributed by atoms with E-state index in [9.17, 15) is 0 Å². The first kappa shape index (κ1) is 11.7. The normalized spacial score (nSPS) is 17.5. The van der Waals surface area contributed by atoms with Crippen molar-refractivity contribution in [3.05, 3.63) is 69.2 Å². The van der Waals surface area contributed by atoms with Crippen molar-refractivity contribution in [3.8, 4) is 0 Å². The highest BCUT2D eigenvalue weighted by molar-refractivity contribution is 9.10. The third-order valence-electron chi connectivity index (χ3n) is 3.68. The number of rotatable bonds is 1. The van der Waals surface area contributed by atoms with E-state index in [1.165, 1.54) is 32.3 Å². The molecule has 0 spiro atoms. The van der Waals surface area contributed by atoms with Crippen LogP contribution in [0.5, 0.6) is 0 Å². The van der Waals surface area contributed by atoms with Crippen LogP contribution in [0.25, 0.3) is 11.6 Å². The minimum absolute atomic E-state index is 0.457. The Labute approximate surface area is 116 Å². The molecule has 0 heterocycles. The van der Waals surface area contributed by atoms with Gasteiger partial charge in [0.1, 0.15) is 0 Å². The van der Waals surface area contributed by atoms with E-state index in [1.54, 1.807) is 0 Å². The van der Waals surface area contributed by atoms with Crippen LogP contribution in [0, 0.1) is 6.92 Å². The summed E-state index contributed by atoms with van der Waals surface area (Å²) in [6.07, 6.45) is 2.31. The van der Waals surface area contributed by atoms with Crippen LogP contribution in [0.15, 0.2) is 46.9 Å². The second-order valence-electron chi connectivity index (χ2n) is 4.93. The van der Waals surface area contributed by atoms with Crippen molar-refractivity contribution in [2.24, 2.45) is 0 Å². The molecule has 1 atom stereocenters. The van der Waals surface area contributed by atoms with Crippen molar-refractivity contribution in [1.29, 1.82) is 0 Å². The van der Waals surface area contributed by atoms with Gasteiger partial charge in [-0.2, -0.15) is 0 Å². The zero-order valence-corrected chi connectivity index (χ0v) is 12.2. The van der Waals surface area contributed by atoms with Crippen LogP contribution in [-0.2, 0) is 0 Å². The van der Waals surface area contributed by atoms with Crippen LogP contribution in [0.1, 0.15) is 35.1 Å². The van der Waals surface area contributed by atoms with E-state index in [2.05, 4.69) is 78.3 Å². The average Bonchev–Trinajstić information content (AvgIpc) is 2.69. The Kier molecular flexibility index (Phi) is 2.87. The van der Waals surface area contributed by atoms with Gasteiger partial charge in [0.15, 0.2) is 0 Å². The molecule has 0 fully saturated rings. The molecule has 0 saturated carbocycles. The number of hydrogen-bond donors (Lipinski definition) is 0. The van der Waals surface area contributed by atoms with Gasteiger partial charge >= 0.3 is 0 Å². The monoisotopic (exact) mass is 298 g/mol. The lowest BCUT2D eigenvalue weighted by atomic mass is 9.93. The zero-order chi connectivity index (χ0) is 12.7. The maximum absolute atomic E-state index is 3.67. The van der Waals surface area contributed by atoms with Gasteiger partial charge in [-0.3, -0.25) is 0 Å². The summed E-state index contributed by atoms with van der Waals surface area (Å²) < 4.78 is 1.21. The summed E-state index contributed by atoms with van der Waals surface area (Å²) in [5.41, 5.74) is 6.80.